The number of hydrogen-bond donors (Lipinski definition) is 2. The molecule has 118 valence electrons. The number of piperazine rings is 1. The molecule has 2 N–H and O–H groups in total. The molecule has 1 unspecified atom stereocenters. The summed E-state index contributed by atoms with van der Waals surface area (Å²) in [5, 5.41) is 11.7. The molecule has 2 amide bonds. The Morgan fingerprint density at radius 1 is 1.32 bits per heavy atom. The van der Waals surface area contributed by atoms with Gasteiger partial charge in [0, 0.05) is 13.1 Å². The van der Waals surface area contributed by atoms with Crippen LogP contribution in [0.1, 0.15) is 29.8 Å². The zero-order chi connectivity index (χ0) is 16.3. The van der Waals surface area contributed by atoms with E-state index in [1.165, 1.54) is 12.1 Å². The van der Waals surface area contributed by atoms with Crippen LogP contribution in [0.15, 0.2) is 24.3 Å². The molecule has 1 aliphatic heterocycles. The number of benzene rings is 1. The quantitative estimate of drug-likeness (QED) is 0.865. The van der Waals surface area contributed by atoms with Crippen molar-refractivity contribution in [3.05, 3.63) is 35.4 Å². The van der Waals surface area contributed by atoms with Crippen molar-refractivity contribution in [1.29, 1.82) is 0 Å². The highest BCUT2D eigenvalue weighted by molar-refractivity contribution is 5.90. The van der Waals surface area contributed by atoms with Crippen LogP contribution in [0.5, 0.6) is 0 Å². The van der Waals surface area contributed by atoms with Gasteiger partial charge in [0.1, 0.15) is 6.04 Å². The Labute approximate surface area is 129 Å². The molecule has 0 radical (unpaired) electrons. The molecule has 2 rings (SSSR count). The summed E-state index contributed by atoms with van der Waals surface area (Å²) in [6, 6.07) is 5.78. The van der Waals surface area contributed by atoms with Gasteiger partial charge >= 0.3 is 5.97 Å². The summed E-state index contributed by atoms with van der Waals surface area (Å²) in [6.07, 6.45) is 0.163. The van der Waals surface area contributed by atoms with E-state index in [2.05, 4.69) is 5.32 Å². The summed E-state index contributed by atoms with van der Waals surface area (Å²) in [6.45, 7) is 4.79. The molecular weight excluding hydrogens is 284 g/mol. The maximum Gasteiger partial charge on any atom is 0.335 e. The Hall–Kier alpha value is -2.37. The Balaban J connectivity index is 2.10. The number of rotatable bonds is 4. The van der Waals surface area contributed by atoms with Gasteiger partial charge in [0.05, 0.1) is 12.0 Å². The van der Waals surface area contributed by atoms with Crippen molar-refractivity contribution < 1.29 is 19.5 Å². The zero-order valence-electron chi connectivity index (χ0n) is 12.7. The molecule has 1 saturated heterocycles. The molecule has 0 bridgehead atoms. The normalized spacial score (nSPS) is 18.2. The molecule has 1 aliphatic rings. The predicted octanol–water partition coefficient (Wildman–Crippen LogP) is 0.910. The van der Waals surface area contributed by atoms with Crippen LogP contribution in [0.3, 0.4) is 0 Å². The number of carboxylic acid groups (broad SMARTS) is 1. The lowest BCUT2D eigenvalue weighted by Crippen LogP contribution is -2.59. The molecule has 1 fully saturated rings. The summed E-state index contributed by atoms with van der Waals surface area (Å²) in [7, 11) is 0. The SMILES string of the molecule is CC(C)C1C(=O)NCCN1C(=O)Cc1ccc(C(=O)O)cc1. The first kappa shape index (κ1) is 16.0. The molecule has 6 nitrogen and oxygen atoms in total. The van der Waals surface area contributed by atoms with Gasteiger partial charge in [-0.1, -0.05) is 26.0 Å². The summed E-state index contributed by atoms with van der Waals surface area (Å²) in [5.74, 6) is -1.18. The van der Waals surface area contributed by atoms with Gasteiger partial charge in [-0.15, -0.1) is 0 Å². The highest BCUT2D eigenvalue weighted by atomic mass is 16.4. The molecular formula is C16H20N2O4. The minimum Gasteiger partial charge on any atom is -0.478 e. The largest absolute Gasteiger partial charge is 0.478 e. The fourth-order valence-electron chi connectivity index (χ4n) is 2.67. The topological polar surface area (TPSA) is 86.7 Å². The number of carbonyl (C=O) groups is 3. The van der Waals surface area contributed by atoms with E-state index in [1.54, 1.807) is 17.0 Å². The lowest BCUT2D eigenvalue weighted by atomic mass is 9.98. The third-order valence-corrected chi connectivity index (χ3v) is 3.76. The van der Waals surface area contributed by atoms with Crippen LogP contribution in [0.25, 0.3) is 0 Å². The lowest BCUT2D eigenvalue weighted by molar-refractivity contribution is -0.144. The smallest absolute Gasteiger partial charge is 0.335 e. The first-order valence-electron chi connectivity index (χ1n) is 7.29. The molecule has 0 aromatic heterocycles. The summed E-state index contributed by atoms with van der Waals surface area (Å²) < 4.78 is 0. The van der Waals surface area contributed by atoms with E-state index in [-0.39, 0.29) is 29.7 Å². The van der Waals surface area contributed by atoms with Crippen molar-refractivity contribution in [2.75, 3.05) is 13.1 Å². The van der Waals surface area contributed by atoms with Gasteiger partial charge in [-0.25, -0.2) is 4.79 Å². The Morgan fingerprint density at radius 3 is 2.50 bits per heavy atom. The molecule has 1 aromatic carbocycles. The molecule has 22 heavy (non-hydrogen) atoms. The molecule has 1 atom stereocenters. The van der Waals surface area contributed by atoms with Crippen LogP contribution < -0.4 is 5.32 Å². The molecule has 1 aromatic rings. The van der Waals surface area contributed by atoms with Crippen molar-refractivity contribution in [3.63, 3.8) is 0 Å². The minimum absolute atomic E-state index is 0.0404. The highest BCUT2D eigenvalue weighted by Crippen LogP contribution is 2.16. The minimum atomic E-state index is -0.995. The van der Waals surface area contributed by atoms with E-state index < -0.39 is 12.0 Å². The molecule has 0 aliphatic carbocycles. The third-order valence-electron chi connectivity index (χ3n) is 3.76. The third kappa shape index (κ3) is 3.44. The van der Waals surface area contributed by atoms with E-state index in [4.69, 9.17) is 5.11 Å². The average Bonchev–Trinajstić information content (AvgIpc) is 2.47. The van der Waals surface area contributed by atoms with Gasteiger partial charge in [0.15, 0.2) is 0 Å². The summed E-state index contributed by atoms with van der Waals surface area (Å²) >= 11 is 0. The van der Waals surface area contributed by atoms with E-state index >= 15 is 0 Å². The van der Waals surface area contributed by atoms with Crippen LogP contribution >= 0.6 is 0 Å². The van der Waals surface area contributed by atoms with Gasteiger partial charge in [0.25, 0.3) is 0 Å². The first-order chi connectivity index (χ1) is 10.4. The average molecular weight is 304 g/mol. The second-order valence-electron chi connectivity index (χ2n) is 5.75. The van der Waals surface area contributed by atoms with Gasteiger partial charge in [-0.2, -0.15) is 0 Å². The highest BCUT2D eigenvalue weighted by Gasteiger charge is 2.34. The number of carbonyl (C=O) groups excluding carboxylic acids is 2. The Bertz CT molecular complexity index is 580. The second kappa shape index (κ2) is 6.60. The van der Waals surface area contributed by atoms with Gasteiger partial charge in [-0.3, -0.25) is 9.59 Å². The summed E-state index contributed by atoms with van der Waals surface area (Å²) in [4.78, 5) is 36.9. The fourth-order valence-corrected chi connectivity index (χ4v) is 2.67. The van der Waals surface area contributed by atoms with Crippen LogP contribution in [-0.2, 0) is 16.0 Å². The van der Waals surface area contributed by atoms with Crippen molar-refractivity contribution in [2.24, 2.45) is 5.92 Å². The van der Waals surface area contributed by atoms with Gasteiger partial charge in [0.2, 0.25) is 11.8 Å². The molecule has 0 spiro atoms. The Morgan fingerprint density at radius 2 is 1.95 bits per heavy atom. The fraction of sp³-hybridized carbons (Fsp3) is 0.438. The van der Waals surface area contributed by atoms with Crippen LogP contribution in [0.2, 0.25) is 0 Å². The van der Waals surface area contributed by atoms with E-state index in [1.807, 2.05) is 13.8 Å². The zero-order valence-corrected chi connectivity index (χ0v) is 12.7. The van der Waals surface area contributed by atoms with Crippen molar-refractivity contribution in [3.8, 4) is 0 Å². The molecule has 1 heterocycles. The maximum absolute atomic E-state index is 12.5. The van der Waals surface area contributed by atoms with Gasteiger partial charge < -0.3 is 15.3 Å². The standard InChI is InChI=1S/C16H20N2O4/c1-10(2)14-15(20)17-7-8-18(14)13(19)9-11-3-5-12(6-4-11)16(21)22/h3-6,10,14H,7-9H2,1-2H3,(H,17,20)(H,21,22). The van der Waals surface area contributed by atoms with E-state index in [9.17, 15) is 14.4 Å². The van der Waals surface area contributed by atoms with Crippen molar-refractivity contribution in [2.45, 2.75) is 26.3 Å². The Kier molecular flexibility index (Phi) is 4.80. The number of hydrogen-bond acceptors (Lipinski definition) is 3. The number of amides is 2. The predicted molar refractivity (Wildman–Crippen MR) is 80.5 cm³/mol. The molecule has 6 heteroatoms. The lowest BCUT2D eigenvalue weighted by Gasteiger charge is -2.37. The van der Waals surface area contributed by atoms with Crippen molar-refractivity contribution >= 4 is 17.8 Å². The monoisotopic (exact) mass is 304 g/mol. The summed E-state index contributed by atoms with van der Waals surface area (Å²) in [5.41, 5.74) is 0.928. The first-order valence-corrected chi connectivity index (χ1v) is 7.29. The van der Waals surface area contributed by atoms with Crippen LogP contribution in [0.4, 0.5) is 0 Å². The van der Waals surface area contributed by atoms with Crippen molar-refractivity contribution in [1.82, 2.24) is 10.2 Å². The van der Waals surface area contributed by atoms with E-state index in [0.717, 1.165) is 5.56 Å². The number of nitrogens with zero attached hydrogens (tertiary/aromatic N) is 1. The number of nitrogens with one attached hydrogen (secondary N) is 1. The number of carboxylic acids is 1. The molecule has 0 saturated carbocycles. The maximum atomic E-state index is 12.5. The van der Waals surface area contributed by atoms with Gasteiger partial charge in [-0.05, 0) is 23.6 Å². The second-order valence-corrected chi connectivity index (χ2v) is 5.75. The number of aromatic carboxylic acids is 1. The van der Waals surface area contributed by atoms with Crippen LogP contribution in [-0.4, -0.2) is 46.9 Å². The van der Waals surface area contributed by atoms with E-state index in [0.29, 0.717) is 13.1 Å². The van der Waals surface area contributed by atoms with Crippen LogP contribution in [0, 0.1) is 5.92 Å².